The first-order chi connectivity index (χ1) is 13.8. The van der Waals surface area contributed by atoms with Crippen molar-refractivity contribution in [2.45, 2.75) is 32.2 Å². The van der Waals surface area contributed by atoms with Crippen LogP contribution in [0.15, 0.2) is 42.5 Å². The fourth-order valence-corrected chi connectivity index (χ4v) is 3.90. The van der Waals surface area contributed by atoms with E-state index >= 15 is 0 Å². The van der Waals surface area contributed by atoms with Gasteiger partial charge in [0.15, 0.2) is 0 Å². The fraction of sp³-hybridized carbons (Fsp3) is 0.333. The van der Waals surface area contributed by atoms with Gasteiger partial charge < -0.3 is 10.2 Å². The van der Waals surface area contributed by atoms with Crippen LogP contribution in [0.5, 0.6) is 0 Å². The SMILES string of the molecule is CCNC(=O)C(C)N(Cc1ccc(Cl)c(Cl)c1)C(=O)CSCc1ccccc1F. The molecule has 0 aromatic heterocycles. The highest BCUT2D eigenvalue weighted by Crippen LogP contribution is 2.24. The molecule has 2 aromatic carbocycles. The maximum absolute atomic E-state index is 13.8. The smallest absolute Gasteiger partial charge is 0.242 e. The summed E-state index contributed by atoms with van der Waals surface area (Å²) in [4.78, 5) is 26.7. The van der Waals surface area contributed by atoms with Crippen molar-refractivity contribution in [2.75, 3.05) is 12.3 Å². The lowest BCUT2D eigenvalue weighted by atomic mass is 10.1. The number of carbonyl (C=O) groups is 2. The maximum atomic E-state index is 13.8. The standard InChI is InChI=1S/C21H23Cl2FN2O2S/c1-3-25-21(28)14(2)26(11-15-8-9-17(22)18(23)10-15)20(27)13-29-12-16-6-4-5-7-19(16)24/h4-10,14H,3,11-13H2,1-2H3,(H,25,28). The van der Waals surface area contributed by atoms with Crippen LogP contribution in [-0.4, -0.2) is 35.1 Å². The Kier molecular flexibility index (Phi) is 9.27. The molecule has 1 N–H and O–H groups in total. The highest BCUT2D eigenvalue weighted by molar-refractivity contribution is 7.99. The van der Waals surface area contributed by atoms with Gasteiger partial charge in [0.25, 0.3) is 0 Å². The van der Waals surface area contributed by atoms with Gasteiger partial charge in [-0.3, -0.25) is 9.59 Å². The summed E-state index contributed by atoms with van der Waals surface area (Å²) in [6.45, 7) is 4.19. The quantitative estimate of drug-likeness (QED) is 0.582. The molecule has 29 heavy (non-hydrogen) atoms. The summed E-state index contributed by atoms with van der Waals surface area (Å²) in [7, 11) is 0. The second-order valence-corrected chi connectivity index (χ2v) is 8.22. The molecule has 0 aliphatic heterocycles. The van der Waals surface area contributed by atoms with Crippen molar-refractivity contribution in [3.63, 3.8) is 0 Å². The van der Waals surface area contributed by atoms with E-state index < -0.39 is 6.04 Å². The molecule has 0 fully saturated rings. The van der Waals surface area contributed by atoms with Gasteiger partial charge in [0.2, 0.25) is 11.8 Å². The minimum absolute atomic E-state index is 0.124. The van der Waals surface area contributed by atoms with E-state index in [0.29, 0.717) is 27.9 Å². The van der Waals surface area contributed by atoms with Crippen LogP contribution < -0.4 is 5.32 Å². The van der Waals surface area contributed by atoms with Crippen LogP contribution in [0.4, 0.5) is 4.39 Å². The summed E-state index contributed by atoms with van der Waals surface area (Å²) < 4.78 is 13.8. The number of hydrogen-bond donors (Lipinski definition) is 1. The number of likely N-dealkylation sites (N-methyl/N-ethyl adjacent to an activating group) is 1. The van der Waals surface area contributed by atoms with Gasteiger partial charge in [-0.05, 0) is 43.2 Å². The summed E-state index contributed by atoms with van der Waals surface area (Å²) in [5, 5.41) is 3.55. The highest BCUT2D eigenvalue weighted by Gasteiger charge is 2.26. The van der Waals surface area contributed by atoms with E-state index in [1.54, 1.807) is 43.3 Å². The van der Waals surface area contributed by atoms with E-state index in [4.69, 9.17) is 23.2 Å². The van der Waals surface area contributed by atoms with Crippen LogP contribution in [0.1, 0.15) is 25.0 Å². The molecular formula is C21H23Cl2FN2O2S. The minimum atomic E-state index is -0.661. The molecule has 4 nitrogen and oxygen atoms in total. The first-order valence-electron chi connectivity index (χ1n) is 9.15. The van der Waals surface area contributed by atoms with Gasteiger partial charge in [-0.25, -0.2) is 4.39 Å². The zero-order valence-electron chi connectivity index (χ0n) is 16.3. The molecule has 1 atom stereocenters. The second-order valence-electron chi connectivity index (χ2n) is 6.42. The normalized spacial score (nSPS) is 11.8. The molecule has 0 spiro atoms. The second kappa shape index (κ2) is 11.4. The van der Waals surface area contributed by atoms with Crippen molar-refractivity contribution in [1.82, 2.24) is 10.2 Å². The molecule has 0 bridgehead atoms. The van der Waals surface area contributed by atoms with Crippen molar-refractivity contribution in [3.05, 3.63) is 69.5 Å². The number of amides is 2. The number of carbonyl (C=O) groups excluding carboxylic acids is 2. The number of halogens is 3. The summed E-state index contributed by atoms with van der Waals surface area (Å²) in [5.74, 6) is -0.250. The van der Waals surface area contributed by atoms with E-state index in [-0.39, 0.29) is 29.9 Å². The third-order valence-electron chi connectivity index (χ3n) is 4.30. The number of rotatable bonds is 9. The van der Waals surface area contributed by atoms with Gasteiger partial charge >= 0.3 is 0 Å². The van der Waals surface area contributed by atoms with E-state index in [1.807, 2.05) is 6.92 Å². The van der Waals surface area contributed by atoms with E-state index in [9.17, 15) is 14.0 Å². The monoisotopic (exact) mass is 456 g/mol. The van der Waals surface area contributed by atoms with Gasteiger partial charge in [-0.15, -0.1) is 11.8 Å². The Hall–Kier alpha value is -1.76. The molecule has 2 amide bonds. The fourth-order valence-electron chi connectivity index (χ4n) is 2.69. The van der Waals surface area contributed by atoms with Gasteiger partial charge in [-0.2, -0.15) is 0 Å². The van der Waals surface area contributed by atoms with Crippen LogP contribution >= 0.6 is 35.0 Å². The number of hydrogen-bond acceptors (Lipinski definition) is 3. The Morgan fingerprint density at radius 2 is 1.90 bits per heavy atom. The zero-order valence-corrected chi connectivity index (χ0v) is 18.6. The van der Waals surface area contributed by atoms with E-state index in [1.165, 1.54) is 22.7 Å². The van der Waals surface area contributed by atoms with Crippen molar-refractivity contribution >= 4 is 46.8 Å². The molecule has 2 aromatic rings. The van der Waals surface area contributed by atoms with E-state index in [0.717, 1.165) is 5.56 Å². The van der Waals surface area contributed by atoms with Gasteiger partial charge in [0, 0.05) is 18.8 Å². The molecule has 0 heterocycles. The van der Waals surface area contributed by atoms with Crippen molar-refractivity contribution in [1.29, 1.82) is 0 Å². The topological polar surface area (TPSA) is 49.4 Å². The molecule has 0 aliphatic rings. The summed E-state index contributed by atoms with van der Waals surface area (Å²) in [6.07, 6.45) is 0. The Bertz CT molecular complexity index is 866. The Labute approximate surface area is 184 Å². The molecule has 156 valence electrons. The van der Waals surface area contributed by atoms with Crippen LogP contribution in [0.25, 0.3) is 0 Å². The first kappa shape index (κ1) is 23.5. The molecule has 1 unspecified atom stereocenters. The molecule has 8 heteroatoms. The van der Waals surface area contributed by atoms with E-state index in [2.05, 4.69) is 5.32 Å². The van der Waals surface area contributed by atoms with Gasteiger partial charge in [0.1, 0.15) is 11.9 Å². The lowest BCUT2D eigenvalue weighted by Gasteiger charge is -2.28. The van der Waals surface area contributed by atoms with Crippen molar-refractivity contribution < 1.29 is 14.0 Å². The molecule has 0 saturated heterocycles. The predicted octanol–water partition coefficient (Wildman–Crippen LogP) is 4.92. The molecule has 0 aliphatic carbocycles. The summed E-state index contributed by atoms with van der Waals surface area (Å²) in [5.41, 5.74) is 1.31. The van der Waals surface area contributed by atoms with Gasteiger partial charge in [-0.1, -0.05) is 47.5 Å². The Balaban J connectivity index is 2.10. The van der Waals surface area contributed by atoms with Crippen molar-refractivity contribution in [3.8, 4) is 0 Å². The first-order valence-corrected chi connectivity index (χ1v) is 11.1. The third kappa shape index (κ3) is 6.91. The number of nitrogens with zero attached hydrogens (tertiary/aromatic N) is 1. The summed E-state index contributed by atoms with van der Waals surface area (Å²) in [6, 6.07) is 10.9. The van der Waals surface area contributed by atoms with Crippen LogP contribution in [0.2, 0.25) is 10.0 Å². The molecule has 0 radical (unpaired) electrons. The number of nitrogens with one attached hydrogen (secondary N) is 1. The largest absolute Gasteiger partial charge is 0.355 e. The Morgan fingerprint density at radius 1 is 1.17 bits per heavy atom. The minimum Gasteiger partial charge on any atom is -0.355 e. The summed E-state index contributed by atoms with van der Waals surface area (Å²) >= 11 is 13.3. The van der Waals surface area contributed by atoms with Crippen molar-refractivity contribution in [2.24, 2.45) is 0 Å². The molecule has 2 rings (SSSR count). The lowest BCUT2D eigenvalue weighted by Crippen LogP contribution is -2.48. The number of benzene rings is 2. The Morgan fingerprint density at radius 3 is 2.55 bits per heavy atom. The molecule has 0 saturated carbocycles. The lowest BCUT2D eigenvalue weighted by molar-refractivity contribution is -0.138. The third-order valence-corrected chi connectivity index (χ3v) is 6.00. The zero-order chi connectivity index (χ0) is 21.4. The predicted molar refractivity (Wildman–Crippen MR) is 118 cm³/mol. The van der Waals surface area contributed by atoms with Crippen LogP contribution in [0.3, 0.4) is 0 Å². The highest BCUT2D eigenvalue weighted by atomic mass is 35.5. The average molecular weight is 457 g/mol. The molecular weight excluding hydrogens is 434 g/mol. The maximum Gasteiger partial charge on any atom is 0.242 e. The average Bonchev–Trinajstić information content (AvgIpc) is 2.69. The van der Waals surface area contributed by atoms with Crippen LogP contribution in [0, 0.1) is 5.82 Å². The van der Waals surface area contributed by atoms with Gasteiger partial charge in [0.05, 0.1) is 15.8 Å². The number of thioether (sulfide) groups is 1. The van der Waals surface area contributed by atoms with Crippen LogP contribution in [-0.2, 0) is 21.9 Å².